The summed E-state index contributed by atoms with van der Waals surface area (Å²) >= 11 is 1.42. The monoisotopic (exact) mass is 212 g/mol. The van der Waals surface area contributed by atoms with Gasteiger partial charge in [-0.25, -0.2) is 4.98 Å². The highest BCUT2D eigenvalue weighted by Gasteiger charge is 2.23. The number of anilines is 1. The maximum absolute atomic E-state index is 8.54. The Morgan fingerprint density at radius 3 is 3.00 bits per heavy atom. The highest BCUT2D eigenvalue weighted by atomic mass is 32.1. The van der Waals surface area contributed by atoms with Gasteiger partial charge in [0.05, 0.1) is 10.6 Å². The number of nitrogens with one attached hydrogen (secondary N) is 1. The molecule has 14 heavy (non-hydrogen) atoms. The predicted octanol–water partition coefficient (Wildman–Crippen LogP) is 1.12. The minimum atomic E-state index is 0.129. The first-order chi connectivity index (χ1) is 6.70. The van der Waals surface area contributed by atoms with E-state index < -0.39 is 0 Å². The molecule has 1 heterocycles. The average molecular weight is 212 g/mol. The van der Waals surface area contributed by atoms with E-state index in [1.54, 1.807) is 0 Å². The largest absolute Gasteiger partial charge is 0.409 e. The summed E-state index contributed by atoms with van der Waals surface area (Å²) in [5.41, 5.74) is 6.30. The molecular formula is C8H12N4OS. The van der Waals surface area contributed by atoms with Crippen molar-refractivity contribution in [3.05, 3.63) is 10.6 Å². The molecule has 0 aromatic carbocycles. The summed E-state index contributed by atoms with van der Waals surface area (Å²) in [5, 5.41) is 15.6. The SMILES string of the molecule is Cc1nc(NC2CC2)sc1/C(N)=N\O. The van der Waals surface area contributed by atoms with Crippen LogP contribution < -0.4 is 11.1 Å². The molecule has 76 valence electrons. The number of hydrogen-bond donors (Lipinski definition) is 3. The van der Waals surface area contributed by atoms with Gasteiger partial charge in [-0.05, 0) is 19.8 Å². The fraction of sp³-hybridized carbons (Fsp3) is 0.500. The number of aromatic nitrogens is 1. The summed E-state index contributed by atoms with van der Waals surface area (Å²) in [6, 6.07) is 0.570. The summed E-state index contributed by atoms with van der Waals surface area (Å²) < 4.78 is 0. The van der Waals surface area contributed by atoms with Crippen LogP contribution in [0.2, 0.25) is 0 Å². The molecule has 0 unspecified atom stereocenters. The number of thiazole rings is 1. The summed E-state index contributed by atoms with van der Waals surface area (Å²) in [6.07, 6.45) is 2.41. The molecule has 5 nitrogen and oxygen atoms in total. The van der Waals surface area contributed by atoms with E-state index in [4.69, 9.17) is 10.9 Å². The topological polar surface area (TPSA) is 83.5 Å². The summed E-state index contributed by atoms with van der Waals surface area (Å²) in [5.74, 6) is 0.129. The van der Waals surface area contributed by atoms with E-state index in [0.29, 0.717) is 6.04 Å². The highest BCUT2D eigenvalue weighted by Crippen LogP contribution is 2.28. The summed E-state index contributed by atoms with van der Waals surface area (Å²) in [4.78, 5) is 5.03. The minimum Gasteiger partial charge on any atom is -0.409 e. The number of hydrogen-bond acceptors (Lipinski definition) is 5. The van der Waals surface area contributed by atoms with E-state index in [1.807, 2.05) is 6.92 Å². The normalized spacial score (nSPS) is 17.1. The van der Waals surface area contributed by atoms with Crippen molar-refractivity contribution >= 4 is 22.3 Å². The van der Waals surface area contributed by atoms with Gasteiger partial charge in [0, 0.05) is 6.04 Å². The average Bonchev–Trinajstić information content (AvgIpc) is 2.89. The second-order valence-electron chi connectivity index (χ2n) is 3.34. The van der Waals surface area contributed by atoms with E-state index in [2.05, 4.69) is 15.5 Å². The lowest BCUT2D eigenvalue weighted by Crippen LogP contribution is -2.12. The van der Waals surface area contributed by atoms with Gasteiger partial charge in [0.25, 0.3) is 0 Å². The van der Waals surface area contributed by atoms with Crippen molar-refractivity contribution in [1.29, 1.82) is 0 Å². The second-order valence-corrected chi connectivity index (χ2v) is 4.34. The third-order valence-electron chi connectivity index (χ3n) is 2.04. The predicted molar refractivity (Wildman–Crippen MR) is 56.0 cm³/mol. The third kappa shape index (κ3) is 1.79. The third-order valence-corrected chi connectivity index (χ3v) is 3.15. The Labute approximate surface area is 85.6 Å². The lowest BCUT2D eigenvalue weighted by atomic mass is 10.4. The molecule has 1 aliphatic carbocycles. The Balaban J connectivity index is 2.19. The van der Waals surface area contributed by atoms with Crippen LogP contribution >= 0.6 is 11.3 Å². The maximum Gasteiger partial charge on any atom is 0.183 e. The Kier molecular flexibility index (Phi) is 2.28. The zero-order valence-corrected chi connectivity index (χ0v) is 8.64. The van der Waals surface area contributed by atoms with Crippen LogP contribution in [0.15, 0.2) is 5.16 Å². The van der Waals surface area contributed by atoms with Gasteiger partial charge in [-0.15, -0.1) is 0 Å². The van der Waals surface area contributed by atoms with Gasteiger partial charge in [0.2, 0.25) is 0 Å². The fourth-order valence-corrected chi connectivity index (χ4v) is 2.08. The molecule has 0 saturated heterocycles. The lowest BCUT2D eigenvalue weighted by Gasteiger charge is -1.95. The molecule has 4 N–H and O–H groups in total. The molecule has 0 atom stereocenters. The first kappa shape index (κ1) is 9.26. The van der Waals surface area contributed by atoms with Crippen LogP contribution in [0.5, 0.6) is 0 Å². The first-order valence-electron chi connectivity index (χ1n) is 4.42. The molecule has 0 bridgehead atoms. The van der Waals surface area contributed by atoms with E-state index in [0.717, 1.165) is 15.7 Å². The molecule has 0 amide bonds. The number of nitrogens with zero attached hydrogens (tertiary/aromatic N) is 2. The Morgan fingerprint density at radius 1 is 1.71 bits per heavy atom. The number of rotatable bonds is 3. The summed E-state index contributed by atoms with van der Waals surface area (Å²) in [7, 11) is 0. The molecule has 0 spiro atoms. The van der Waals surface area contributed by atoms with Crippen molar-refractivity contribution < 1.29 is 5.21 Å². The first-order valence-corrected chi connectivity index (χ1v) is 5.24. The Bertz CT molecular complexity index is 369. The van der Waals surface area contributed by atoms with Gasteiger partial charge in [-0.3, -0.25) is 0 Å². The second kappa shape index (κ2) is 3.45. The number of aryl methyl sites for hydroxylation is 1. The zero-order valence-electron chi connectivity index (χ0n) is 7.82. The van der Waals surface area contributed by atoms with Gasteiger partial charge < -0.3 is 16.3 Å². The van der Waals surface area contributed by atoms with Crippen LogP contribution in [-0.4, -0.2) is 22.1 Å². The highest BCUT2D eigenvalue weighted by molar-refractivity contribution is 7.17. The molecule has 0 aliphatic heterocycles. The Hall–Kier alpha value is -1.30. The van der Waals surface area contributed by atoms with Gasteiger partial charge in [-0.1, -0.05) is 16.5 Å². The summed E-state index contributed by atoms with van der Waals surface area (Å²) in [6.45, 7) is 1.85. The fourth-order valence-electron chi connectivity index (χ4n) is 1.14. The van der Waals surface area contributed by atoms with Crippen molar-refractivity contribution in [2.24, 2.45) is 10.9 Å². The maximum atomic E-state index is 8.54. The quantitative estimate of drug-likeness (QED) is 0.303. The molecule has 2 rings (SSSR count). The molecule has 1 aliphatic rings. The standard InChI is InChI=1S/C8H12N4OS/c1-4-6(7(9)12-13)14-8(10-4)11-5-2-3-5/h5,13H,2-3H2,1H3,(H2,9,12)(H,10,11). The van der Waals surface area contributed by atoms with E-state index in [1.165, 1.54) is 24.2 Å². The van der Waals surface area contributed by atoms with Crippen LogP contribution in [0, 0.1) is 6.92 Å². The molecule has 6 heteroatoms. The van der Waals surface area contributed by atoms with Gasteiger partial charge in [0.1, 0.15) is 0 Å². The van der Waals surface area contributed by atoms with E-state index in [-0.39, 0.29) is 5.84 Å². The van der Waals surface area contributed by atoms with Crippen molar-refractivity contribution in [2.45, 2.75) is 25.8 Å². The van der Waals surface area contributed by atoms with Crippen molar-refractivity contribution in [1.82, 2.24) is 4.98 Å². The van der Waals surface area contributed by atoms with Crippen LogP contribution in [-0.2, 0) is 0 Å². The van der Waals surface area contributed by atoms with Gasteiger partial charge >= 0.3 is 0 Å². The van der Waals surface area contributed by atoms with E-state index >= 15 is 0 Å². The smallest absolute Gasteiger partial charge is 0.183 e. The van der Waals surface area contributed by atoms with Crippen molar-refractivity contribution in [3.8, 4) is 0 Å². The number of oxime groups is 1. The van der Waals surface area contributed by atoms with E-state index in [9.17, 15) is 0 Å². The molecule has 1 aromatic rings. The lowest BCUT2D eigenvalue weighted by molar-refractivity contribution is 0.318. The van der Waals surface area contributed by atoms with Crippen LogP contribution in [0.25, 0.3) is 0 Å². The Morgan fingerprint density at radius 2 is 2.43 bits per heavy atom. The molecule has 1 fully saturated rings. The number of nitrogens with two attached hydrogens (primary N) is 1. The molecule has 0 radical (unpaired) electrons. The van der Waals surface area contributed by atoms with Crippen molar-refractivity contribution in [3.63, 3.8) is 0 Å². The van der Waals surface area contributed by atoms with Crippen molar-refractivity contribution in [2.75, 3.05) is 5.32 Å². The van der Waals surface area contributed by atoms with Crippen LogP contribution in [0.1, 0.15) is 23.4 Å². The molecule has 1 saturated carbocycles. The number of amidine groups is 1. The van der Waals surface area contributed by atoms with Gasteiger partial charge in [-0.2, -0.15) is 0 Å². The van der Waals surface area contributed by atoms with Crippen LogP contribution in [0.3, 0.4) is 0 Å². The molecular weight excluding hydrogens is 200 g/mol. The zero-order chi connectivity index (χ0) is 10.1. The van der Waals surface area contributed by atoms with Crippen LogP contribution in [0.4, 0.5) is 5.13 Å². The van der Waals surface area contributed by atoms with Gasteiger partial charge in [0.15, 0.2) is 11.0 Å². The minimum absolute atomic E-state index is 0.129. The molecule has 1 aromatic heterocycles.